The van der Waals surface area contributed by atoms with E-state index in [9.17, 15) is 5.11 Å². The number of aliphatic hydroxyl groups is 1. The summed E-state index contributed by atoms with van der Waals surface area (Å²) in [6.45, 7) is 11.6. The van der Waals surface area contributed by atoms with E-state index in [0.717, 1.165) is 18.4 Å². The molecule has 0 radical (unpaired) electrons. The van der Waals surface area contributed by atoms with Gasteiger partial charge < -0.3 is 5.11 Å². The van der Waals surface area contributed by atoms with Crippen molar-refractivity contribution in [2.24, 2.45) is 0 Å². The third-order valence-corrected chi connectivity index (χ3v) is 2.34. The molecule has 0 aliphatic rings. The van der Waals surface area contributed by atoms with Gasteiger partial charge in [-0.25, -0.2) is 0 Å². The molecule has 1 nitrogen and oxygen atoms in total. The molecule has 0 aliphatic carbocycles. The summed E-state index contributed by atoms with van der Waals surface area (Å²) in [5.74, 6) is 0. The molecule has 1 heteroatoms. The molecule has 0 spiro atoms. The van der Waals surface area contributed by atoms with E-state index >= 15 is 0 Å². The Kier molecular flexibility index (Phi) is 6.75. The van der Waals surface area contributed by atoms with Crippen molar-refractivity contribution in [3.8, 4) is 0 Å². The molecule has 90 valence electrons. The highest BCUT2D eigenvalue weighted by molar-refractivity contribution is 5.21. The second-order valence-corrected chi connectivity index (χ2v) is 4.65. The van der Waals surface area contributed by atoms with Gasteiger partial charge in [-0.05, 0) is 40.5 Å². The van der Waals surface area contributed by atoms with Crippen molar-refractivity contribution in [2.75, 3.05) is 0 Å². The maximum atomic E-state index is 10.0. The molecule has 0 aromatic heterocycles. The second-order valence-electron chi connectivity index (χ2n) is 4.65. The Bertz CT molecular complexity index is 299. The van der Waals surface area contributed by atoms with Gasteiger partial charge in [-0.1, -0.05) is 48.1 Å². The molecule has 0 saturated heterocycles. The van der Waals surface area contributed by atoms with Gasteiger partial charge in [0.15, 0.2) is 0 Å². The minimum absolute atomic E-state index is 0.732. The molecular formula is C15H24O. The highest BCUT2D eigenvalue weighted by Crippen LogP contribution is 2.15. The molecule has 0 rings (SSSR count). The highest BCUT2D eigenvalue weighted by atomic mass is 16.3. The Hall–Kier alpha value is -1.08. The normalized spacial score (nSPS) is 15.9. The maximum Gasteiger partial charge on any atom is 0.0805 e. The smallest absolute Gasteiger partial charge is 0.0805 e. The first-order valence-corrected chi connectivity index (χ1v) is 5.72. The molecule has 16 heavy (non-hydrogen) atoms. The second kappa shape index (κ2) is 7.24. The molecular weight excluding hydrogens is 196 g/mol. The van der Waals surface area contributed by atoms with E-state index in [-0.39, 0.29) is 0 Å². The minimum atomic E-state index is -0.732. The highest BCUT2D eigenvalue weighted by Gasteiger charge is 2.13. The van der Waals surface area contributed by atoms with Crippen LogP contribution in [0.4, 0.5) is 0 Å². The first-order chi connectivity index (χ1) is 7.37. The van der Waals surface area contributed by atoms with Crippen LogP contribution >= 0.6 is 0 Å². The standard InChI is InChI=1S/C15H24O/c1-6-14(4)10-8-12-15(5,16)11-7-9-13(2)3/h6,8-10,12,16H,1,7,11H2,2-5H3/b12-8+,14-10+/t15-/m0/s1. The van der Waals surface area contributed by atoms with Gasteiger partial charge in [0.05, 0.1) is 5.60 Å². The van der Waals surface area contributed by atoms with Crippen molar-refractivity contribution >= 4 is 0 Å². The van der Waals surface area contributed by atoms with Gasteiger partial charge in [0.2, 0.25) is 0 Å². The predicted molar refractivity (Wildman–Crippen MR) is 72.4 cm³/mol. The molecule has 0 aliphatic heterocycles. The van der Waals surface area contributed by atoms with Crippen LogP contribution in [0.3, 0.4) is 0 Å². The van der Waals surface area contributed by atoms with E-state index in [2.05, 4.69) is 26.5 Å². The quantitative estimate of drug-likeness (QED) is 0.526. The molecule has 1 atom stereocenters. The van der Waals surface area contributed by atoms with E-state index < -0.39 is 5.60 Å². The minimum Gasteiger partial charge on any atom is -0.386 e. The van der Waals surface area contributed by atoms with Crippen molar-refractivity contribution in [1.29, 1.82) is 0 Å². The summed E-state index contributed by atoms with van der Waals surface area (Å²) >= 11 is 0. The lowest BCUT2D eigenvalue weighted by Crippen LogP contribution is -2.19. The Balaban J connectivity index is 4.23. The Morgan fingerprint density at radius 2 is 1.94 bits per heavy atom. The molecule has 0 bridgehead atoms. The van der Waals surface area contributed by atoms with Crippen molar-refractivity contribution in [1.82, 2.24) is 0 Å². The molecule has 0 aromatic carbocycles. The Labute approximate surface area is 99.9 Å². The summed E-state index contributed by atoms with van der Waals surface area (Å²) in [5, 5.41) is 10.0. The number of hydrogen-bond acceptors (Lipinski definition) is 1. The van der Waals surface area contributed by atoms with Gasteiger partial charge >= 0.3 is 0 Å². The first kappa shape index (κ1) is 14.9. The Morgan fingerprint density at radius 1 is 1.31 bits per heavy atom. The summed E-state index contributed by atoms with van der Waals surface area (Å²) in [6, 6.07) is 0. The van der Waals surface area contributed by atoms with Crippen molar-refractivity contribution in [3.63, 3.8) is 0 Å². The van der Waals surface area contributed by atoms with E-state index in [4.69, 9.17) is 0 Å². The van der Waals surface area contributed by atoms with Gasteiger partial charge in [0, 0.05) is 0 Å². The lowest BCUT2D eigenvalue weighted by Gasteiger charge is -2.17. The monoisotopic (exact) mass is 220 g/mol. The summed E-state index contributed by atoms with van der Waals surface area (Å²) in [5.41, 5.74) is 1.66. The van der Waals surface area contributed by atoms with Crippen molar-refractivity contribution in [2.45, 2.75) is 46.1 Å². The van der Waals surface area contributed by atoms with Gasteiger partial charge in [-0.3, -0.25) is 0 Å². The van der Waals surface area contributed by atoms with Gasteiger partial charge in [0.25, 0.3) is 0 Å². The fraction of sp³-hybridized carbons (Fsp3) is 0.467. The fourth-order valence-electron chi connectivity index (χ4n) is 1.21. The summed E-state index contributed by atoms with van der Waals surface area (Å²) in [6.07, 6.45) is 11.3. The lowest BCUT2D eigenvalue weighted by molar-refractivity contribution is 0.103. The maximum absolute atomic E-state index is 10.0. The van der Waals surface area contributed by atoms with E-state index in [1.54, 1.807) is 6.08 Å². The summed E-state index contributed by atoms with van der Waals surface area (Å²) in [4.78, 5) is 0. The van der Waals surface area contributed by atoms with Crippen LogP contribution in [0.2, 0.25) is 0 Å². The molecule has 0 saturated carbocycles. The van der Waals surface area contributed by atoms with Crippen molar-refractivity contribution < 1.29 is 5.11 Å². The molecule has 1 N–H and O–H groups in total. The molecule has 0 aromatic rings. The molecule has 0 fully saturated rings. The van der Waals surface area contributed by atoms with Crippen LogP contribution in [-0.4, -0.2) is 10.7 Å². The summed E-state index contributed by atoms with van der Waals surface area (Å²) < 4.78 is 0. The molecule has 0 amide bonds. The van der Waals surface area contributed by atoms with Crippen LogP contribution in [0.1, 0.15) is 40.5 Å². The zero-order chi connectivity index (χ0) is 12.6. The van der Waals surface area contributed by atoms with Crippen LogP contribution in [-0.2, 0) is 0 Å². The average molecular weight is 220 g/mol. The predicted octanol–water partition coefficient (Wildman–Crippen LogP) is 4.17. The number of rotatable bonds is 6. The van der Waals surface area contributed by atoms with Crippen LogP contribution in [0.5, 0.6) is 0 Å². The van der Waals surface area contributed by atoms with Crippen molar-refractivity contribution in [3.05, 3.63) is 48.1 Å². The van der Waals surface area contributed by atoms with Gasteiger partial charge in [-0.15, -0.1) is 0 Å². The largest absolute Gasteiger partial charge is 0.386 e. The fourth-order valence-corrected chi connectivity index (χ4v) is 1.21. The van der Waals surface area contributed by atoms with E-state index in [1.165, 1.54) is 5.57 Å². The third-order valence-electron chi connectivity index (χ3n) is 2.34. The zero-order valence-corrected chi connectivity index (χ0v) is 11.0. The van der Waals surface area contributed by atoms with E-state index in [1.807, 2.05) is 32.1 Å². The van der Waals surface area contributed by atoms with Crippen LogP contribution in [0, 0.1) is 0 Å². The number of hydrogen-bond donors (Lipinski definition) is 1. The topological polar surface area (TPSA) is 20.2 Å². The van der Waals surface area contributed by atoms with Gasteiger partial charge in [-0.2, -0.15) is 0 Å². The molecule has 0 heterocycles. The Morgan fingerprint density at radius 3 is 2.44 bits per heavy atom. The van der Waals surface area contributed by atoms with Crippen LogP contribution in [0.15, 0.2) is 48.1 Å². The van der Waals surface area contributed by atoms with Crippen LogP contribution in [0.25, 0.3) is 0 Å². The lowest BCUT2D eigenvalue weighted by atomic mass is 9.98. The zero-order valence-electron chi connectivity index (χ0n) is 11.0. The van der Waals surface area contributed by atoms with Gasteiger partial charge in [0.1, 0.15) is 0 Å². The summed E-state index contributed by atoms with van der Waals surface area (Å²) in [7, 11) is 0. The van der Waals surface area contributed by atoms with Crippen LogP contribution < -0.4 is 0 Å². The third kappa shape index (κ3) is 8.25. The number of allylic oxidation sites excluding steroid dienone is 6. The average Bonchev–Trinajstić information content (AvgIpc) is 2.16. The SMILES string of the molecule is C=C/C(C)=C/C=C/[C@@](C)(O)CCC=C(C)C. The molecule has 0 unspecified atom stereocenters. The van der Waals surface area contributed by atoms with E-state index in [0.29, 0.717) is 0 Å². The first-order valence-electron chi connectivity index (χ1n) is 5.72.